The number of nitrogens with zero attached hydrogens (tertiary/aromatic N) is 1. The third-order valence-corrected chi connectivity index (χ3v) is 4.24. The van der Waals surface area contributed by atoms with Gasteiger partial charge in [0.25, 0.3) is 0 Å². The smallest absolute Gasteiger partial charge is 0.136 e. The molecular formula is C17H12N2OS. The summed E-state index contributed by atoms with van der Waals surface area (Å²) in [6, 6.07) is 14.0. The van der Waals surface area contributed by atoms with Crippen LogP contribution in [0.1, 0.15) is 0 Å². The maximum atomic E-state index is 5.64. The number of pyridine rings is 1. The van der Waals surface area contributed by atoms with E-state index >= 15 is 0 Å². The van der Waals surface area contributed by atoms with Crippen molar-refractivity contribution in [3.63, 3.8) is 0 Å². The van der Waals surface area contributed by atoms with Crippen LogP contribution in [0, 0.1) is 0 Å². The molecule has 0 radical (unpaired) electrons. The molecule has 0 saturated carbocycles. The summed E-state index contributed by atoms with van der Waals surface area (Å²) in [6.45, 7) is 0. The highest BCUT2D eigenvalue weighted by Crippen LogP contribution is 2.40. The minimum absolute atomic E-state index is 0.848. The third-order valence-electron chi connectivity index (χ3n) is 3.36. The van der Waals surface area contributed by atoms with E-state index in [-0.39, 0.29) is 0 Å². The van der Waals surface area contributed by atoms with E-state index in [1.807, 2.05) is 42.6 Å². The molecule has 0 spiro atoms. The maximum absolute atomic E-state index is 5.64. The molecule has 4 heterocycles. The average molecular weight is 292 g/mol. The van der Waals surface area contributed by atoms with Gasteiger partial charge in [-0.25, -0.2) is 0 Å². The van der Waals surface area contributed by atoms with Crippen LogP contribution in [0.4, 0.5) is 0 Å². The fraction of sp³-hybridized carbons (Fsp3) is 0. The summed E-state index contributed by atoms with van der Waals surface area (Å²) in [5.74, 6) is 0.848. The Morgan fingerprint density at radius 2 is 2.05 bits per heavy atom. The van der Waals surface area contributed by atoms with Gasteiger partial charge in [-0.2, -0.15) is 0 Å². The molecule has 102 valence electrons. The number of thiophene rings is 1. The summed E-state index contributed by atoms with van der Waals surface area (Å²) < 4.78 is 5.64. The molecule has 4 rings (SSSR count). The second-order valence-corrected chi connectivity index (χ2v) is 5.57. The van der Waals surface area contributed by atoms with Gasteiger partial charge in [0.1, 0.15) is 5.76 Å². The number of aromatic amines is 1. The van der Waals surface area contributed by atoms with E-state index in [1.165, 1.54) is 4.88 Å². The average Bonchev–Trinajstić information content (AvgIpc) is 3.27. The highest BCUT2D eigenvalue weighted by atomic mass is 32.1. The predicted octanol–water partition coefficient (Wildman–Crippen LogP) is 5.07. The molecule has 4 heteroatoms. The summed E-state index contributed by atoms with van der Waals surface area (Å²) in [6.07, 6.45) is 5.50. The molecule has 0 fully saturated rings. The lowest BCUT2D eigenvalue weighted by atomic mass is 10.0. The van der Waals surface area contributed by atoms with Gasteiger partial charge >= 0.3 is 0 Å². The van der Waals surface area contributed by atoms with Gasteiger partial charge in [-0.15, -0.1) is 11.3 Å². The van der Waals surface area contributed by atoms with Crippen molar-refractivity contribution >= 4 is 11.3 Å². The van der Waals surface area contributed by atoms with Gasteiger partial charge < -0.3 is 9.40 Å². The molecule has 3 nitrogen and oxygen atoms in total. The molecule has 0 amide bonds. The molecule has 0 unspecified atom stereocenters. The molecule has 0 saturated heterocycles. The van der Waals surface area contributed by atoms with E-state index in [4.69, 9.17) is 4.42 Å². The van der Waals surface area contributed by atoms with E-state index < -0.39 is 0 Å². The SMILES string of the molecule is c1ccc(-c2c[nH]c(-c3cccs3)c2-c2ccco2)nc1. The van der Waals surface area contributed by atoms with Crippen LogP contribution in [-0.4, -0.2) is 9.97 Å². The molecule has 0 aliphatic carbocycles. The van der Waals surface area contributed by atoms with Crippen molar-refractivity contribution in [2.24, 2.45) is 0 Å². The number of rotatable bonds is 3. The van der Waals surface area contributed by atoms with Gasteiger partial charge in [0.05, 0.1) is 28.1 Å². The summed E-state index contributed by atoms with van der Waals surface area (Å²) in [7, 11) is 0. The Bertz CT molecular complexity index is 830. The first kappa shape index (κ1) is 12.2. The molecule has 1 N–H and O–H groups in total. The fourth-order valence-corrected chi connectivity index (χ4v) is 3.18. The van der Waals surface area contributed by atoms with Crippen LogP contribution >= 0.6 is 11.3 Å². The van der Waals surface area contributed by atoms with E-state index in [9.17, 15) is 0 Å². The van der Waals surface area contributed by atoms with Crippen molar-refractivity contribution in [2.45, 2.75) is 0 Å². The Morgan fingerprint density at radius 3 is 2.76 bits per heavy atom. The Kier molecular flexibility index (Phi) is 2.94. The molecule has 4 aromatic heterocycles. The Hall–Kier alpha value is -2.59. The van der Waals surface area contributed by atoms with Crippen LogP contribution < -0.4 is 0 Å². The van der Waals surface area contributed by atoms with Crippen LogP contribution in [0.15, 0.2) is 70.9 Å². The topological polar surface area (TPSA) is 41.8 Å². The zero-order valence-electron chi connectivity index (χ0n) is 11.1. The standard InChI is InChI=1S/C17H12N2OS/c1-2-8-18-13(5-1)12-11-19-17(15-7-4-10-21-15)16(12)14-6-3-9-20-14/h1-11,19H. The van der Waals surface area contributed by atoms with Crippen LogP contribution in [0.3, 0.4) is 0 Å². The van der Waals surface area contributed by atoms with E-state index in [2.05, 4.69) is 21.4 Å². The molecule has 4 aromatic rings. The van der Waals surface area contributed by atoms with E-state index in [0.29, 0.717) is 0 Å². The number of furan rings is 1. The van der Waals surface area contributed by atoms with Crippen LogP contribution in [-0.2, 0) is 0 Å². The summed E-state index contributed by atoms with van der Waals surface area (Å²) in [5, 5.41) is 2.07. The first-order valence-electron chi connectivity index (χ1n) is 6.64. The quantitative estimate of drug-likeness (QED) is 0.573. The maximum Gasteiger partial charge on any atom is 0.136 e. The van der Waals surface area contributed by atoms with Crippen molar-refractivity contribution in [3.8, 4) is 33.2 Å². The minimum Gasteiger partial charge on any atom is -0.464 e. The Labute approximate surface area is 125 Å². The largest absolute Gasteiger partial charge is 0.464 e. The zero-order chi connectivity index (χ0) is 14.1. The second-order valence-electron chi connectivity index (χ2n) is 4.62. The number of hydrogen-bond donors (Lipinski definition) is 1. The summed E-state index contributed by atoms with van der Waals surface area (Å²) in [4.78, 5) is 9.01. The third kappa shape index (κ3) is 2.10. The molecule has 0 aliphatic heterocycles. The number of hydrogen-bond acceptors (Lipinski definition) is 3. The van der Waals surface area contributed by atoms with Crippen molar-refractivity contribution in [3.05, 3.63) is 66.5 Å². The fourth-order valence-electron chi connectivity index (χ4n) is 2.44. The molecule has 0 aliphatic rings. The number of H-pyrrole nitrogens is 1. The highest BCUT2D eigenvalue weighted by molar-refractivity contribution is 7.13. The van der Waals surface area contributed by atoms with Gasteiger partial charge in [-0.05, 0) is 35.7 Å². The normalized spacial score (nSPS) is 10.9. The lowest BCUT2D eigenvalue weighted by molar-refractivity contribution is 0.583. The molecular weight excluding hydrogens is 280 g/mol. The Morgan fingerprint density at radius 1 is 1.05 bits per heavy atom. The number of aromatic nitrogens is 2. The van der Waals surface area contributed by atoms with Gasteiger partial charge in [0, 0.05) is 18.0 Å². The van der Waals surface area contributed by atoms with E-state index in [1.54, 1.807) is 23.8 Å². The monoisotopic (exact) mass is 292 g/mol. The van der Waals surface area contributed by atoms with Crippen molar-refractivity contribution in [1.82, 2.24) is 9.97 Å². The van der Waals surface area contributed by atoms with Gasteiger partial charge in [-0.1, -0.05) is 12.1 Å². The van der Waals surface area contributed by atoms with Gasteiger partial charge in [0.2, 0.25) is 0 Å². The van der Waals surface area contributed by atoms with Crippen LogP contribution in [0.25, 0.3) is 33.2 Å². The van der Waals surface area contributed by atoms with Gasteiger partial charge in [0.15, 0.2) is 0 Å². The zero-order valence-corrected chi connectivity index (χ0v) is 11.9. The van der Waals surface area contributed by atoms with Crippen molar-refractivity contribution in [1.29, 1.82) is 0 Å². The Balaban J connectivity index is 1.97. The second kappa shape index (κ2) is 5.07. The lowest BCUT2D eigenvalue weighted by Crippen LogP contribution is -1.83. The van der Waals surface area contributed by atoms with E-state index in [0.717, 1.165) is 28.3 Å². The van der Waals surface area contributed by atoms with Crippen molar-refractivity contribution < 1.29 is 4.42 Å². The molecule has 0 bridgehead atoms. The highest BCUT2D eigenvalue weighted by Gasteiger charge is 2.19. The minimum atomic E-state index is 0.848. The first-order valence-corrected chi connectivity index (χ1v) is 7.52. The summed E-state index contributed by atoms with van der Waals surface area (Å²) >= 11 is 1.70. The molecule has 0 atom stereocenters. The predicted molar refractivity (Wildman–Crippen MR) is 85.0 cm³/mol. The first-order chi connectivity index (χ1) is 10.4. The van der Waals surface area contributed by atoms with Crippen LogP contribution in [0.5, 0.6) is 0 Å². The summed E-state index contributed by atoms with van der Waals surface area (Å²) in [5.41, 5.74) is 4.11. The molecule has 0 aromatic carbocycles. The van der Waals surface area contributed by atoms with Crippen LogP contribution in [0.2, 0.25) is 0 Å². The van der Waals surface area contributed by atoms with Gasteiger partial charge in [-0.3, -0.25) is 4.98 Å². The molecule has 21 heavy (non-hydrogen) atoms. The van der Waals surface area contributed by atoms with Crippen molar-refractivity contribution in [2.75, 3.05) is 0 Å². The number of nitrogens with one attached hydrogen (secondary N) is 1. The lowest BCUT2D eigenvalue weighted by Gasteiger charge is -2.03.